The quantitative estimate of drug-likeness (QED) is 0.630. The molecule has 3 heteroatoms. The molecule has 1 aromatic heterocycles. The van der Waals surface area contributed by atoms with E-state index in [1.807, 2.05) is 6.92 Å². The molecule has 3 nitrogen and oxygen atoms in total. The number of hydrogen-bond donors (Lipinski definition) is 1. The molecule has 0 spiro atoms. The standard InChI is InChI=1S/C7H8O3/c1-2-6-3-5(8)4-7(9)10-6/h3-4,8H,2H2,1H3. The van der Waals surface area contributed by atoms with E-state index in [-0.39, 0.29) is 5.75 Å². The van der Waals surface area contributed by atoms with Gasteiger partial charge in [0.15, 0.2) is 0 Å². The van der Waals surface area contributed by atoms with Crippen molar-refractivity contribution in [2.75, 3.05) is 0 Å². The predicted molar refractivity (Wildman–Crippen MR) is 36.0 cm³/mol. The highest BCUT2D eigenvalue weighted by atomic mass is 16.4. The van der Waals surface area contributed by atoms with E-state index in [1.165, 1.54) is 6.07 Å². The topological polar surface area (TPSA) is 50.4 Å². The first kappa shape index (κ1) is 6.86. The van der Waals surface area contributed by atoms with Gasteiger partial charge in [-0.3, -0.25) is 0 Å². The summed E-state index contributed by atoms with van der Waals surface area (Å²) in [7, 11) is 0. The largest absolute Gasteiger partial charge is 0.508 e. The Hall–Kier alpha value is -1.25. The summed E-state index contributed by atoms with van der Waals surface area (Å²) in [6.45, 7) is 1.84. The molecule has 1 aromatic rings. The second kappa shape index (κ2) is 2.56. The van der Waals surface area contributed by atoms with E-state index in [1.54, 1.807) is 0 Å². The van der Waals surface area contributed by atoms with Crippen LogP contribution in [-0.2, 0) is 6.42 Å². The Balaban J connectivity index is 3.19. The molecule has 0 unspecified atom stereocenters. The van der Waals surface area contributed by atoms with Crippen LogP contribution in [-0.4, -0.2) is 5.11 Å². The maximum atomic E-state index is 10.5. The van der Waals surface area contributed by atoms with Crippen molar-refractivity contribution in [1.29, 1.82) is 0 Å². The third-order valence-corrected chi connectivity index (χ3v) is 1.15. The molecule has 0 aliphatic carbocycles. The van der Waals surface area contributed by atoms with Gasteiger partial charge in [-0.15, -0.1) is 0 Å². The van der Waals surface area contributed by atoms with Crippen molar-refractivity contribution < 1.29 is 9.52 Å². The summed E-state index contributed by atoms with van der Waals surface area (Å²) in [6, 6.07) is 2.47. The number of aryl methyl sites for hydroxylation is 1. The Kier molecular flexibility index (Phi) is 1.76. The van der Waals surface area contributed by atoms with Crippen LogP contribution in [0.3, 0.4) is 0 Å². The smallest absolute Gasteiger partial charge is 0.339 e. The van der Waals surface area contributed by atoms with Gasteiger partial charge in [0.2, 0.25) is 0 Å². The summed E-state index contributed by atoms with van der Waals surface area (Å²) in [5.74, 6) is 0.470. The Bertz CT molecular complexity index is 274. The van der Waals surface area contributed by atoms with Crippen LogP contribution in [0, 0.1) is 0 Å². The predicted octanol–water partition coefficient (Wildman–Crippen LogP) is 0.908. The molecule has 10 heavy (non-hydrogen) atoms. The van der Waals surface area contributed by atoms with Crippen molar-refractivity contribution in [3.63, 3.8) is 0 Å². The van der Waals surface area contributed by atoms with Crippen LogP contribution in [0.25, 0.3) is 0 Å². The molecule has 0 radical (unpaired) electrons. The maximum Gasteiger partial charge on any atom is 0.339 e. The van der Waals surface area contributed by atoms with Crippen molar-refractivity contribution in [2.24, 2.45) is 0 Å². The summed E-state index contributed by atoms with van der Waals surface area (Å²) in [5.41, 5.74) is -0.503. The zero-order valence-electron chi connectivity index (χ0n) is 5.63. The lowest BCUT2D eigenvalue weighted by Gasteiger charge is -1.93. The summed E-state index contributed by atoms with van der Waals surface area (Å²) in [6.07, 6.45) is 0.615. The van der Waals surface area contributed by atoms with Gasteiger partial charge in [-0.25, -0.2) is 4.79 Å². The fourth-order valence-electron chi connectivity index (χ4n) is 0.690. The molecule has 0 amide bonds. The van der Waals surface area contributed by atoms with Gasteiger partial charge >= 0.3 is 5.63 Å². The van der Waals surface area contributed by atoms with Crippen LogP contribution in [0.15, 0.2) is 21.3 Å². The zero-order chi connectivity index (χ0) is 7.56. The molecule has 0 bridgehead atoms. The van der Waals surface area contributed by atoms with Crippen LogP contribution < -0.4 is 5.63 Å². The van der Waals surface area contributed by atoms with E-state index in [0.29, 0.717) is 12.2 Å². The molecule has 0 atom stereocenters. The van der Waals surface area contributed by atoms with Crippen molar-refractivity contribution in [3.05, 3.63) is 28.3 Å². The van der Waals surface area contributed by atoms with Gasteiger partial charge in [-0.05, 0) is 0 Å². The summed E-state index contributed by atoms with van der Waals surface area (Å²) >= 11 is 0. The maximum absolute atomic E-state index is 10.5. The third-order valence-electron chi connectivity index (χ3n) is 1.15. The van der Waals surface area contributed by atoms with Crippen molar-refractivity contribution in [2.45, 2.75) is 13.3 Å². The highest BCUT2D eigenvalue weighted by molar-refractivity contribution is 5.18. The lowest BCUT2D eigenvalue weighted by Crippen LogP contribution is -1.97. The average Bonchev–Trinajstić information content (AvgIpc) is 1.85. The van der Waals surface area contributed by atoms with Gasteiger partial charge in [0, 0.05) is 12.5 Å². The molecule has 1 rings (SSSR count). The summed E-state index contributed by atoms with van der Waals surface area (Å²) < 4.78 is 4.69. The molecule has 0 aliphatic rings. The van der Waals surface area contributed by atoms with Gasteiger partial charge in [0.05, 0.1) is 6.07 Å². The van der Waals surface area contributed by atoms with Crippen LogP contribution in [0.2, 0.25) is 0 Å². The zero-order valence-corrected chi connectivity index (χ0v) is 5.63. The molecule has 54 valence electrons. The molecule has 1 N–H and O–H groups in total. The van der Waals surface area contributed by atoms with E-state index in [9.17, 15) is 4.79 Å². The van der Waals surface area contributed by atoms with Crippen LogP contribution in [0.4, 0.5) is 0 Å². The lowest BCUT2D eigenvalue weighted by molar-refractivity contribution is 0.426. The normalized spacial score (nSPS) is 9.70. The fourth-order valence-corrected chi connectivity index (χ4v) is 0.690. The van der Waals surface area contributed by atoms with Gasteiger partial charge in [0.25, 0.3) is 0 Å². The Labute approximate surface area is 57.9 Å². The van der Waals surface area contributed by atoms with Crippen LogP contribution in [0.5, 0.6) is 5.75 Å². The van der Waals surface area contributed by atoms with Crippen molar-refractivity contribution in [1.82, 2.24) is 0 Å². The molecular weight excluding hydrogens is 132 g/mol. The van der Waals surface area contributed by atoms with Crippen LogP contribution >= 0.6 is 0 Å². The number of hydrogen-bond acceptors (Lipinski definition) is 3. The highest BCUT2D eigenvalue weighted by Gasteiger charge is 1.95. The van der Waals surface area contributed by atoms with Crippen molar-refractivity contribution in [3.8, 4) is 5.75 Å². The van der Waals surface area contributed by atoms with Gasteiger partial charge in [0.1, 0.15) is 11.5 Å². The third kappa shape index (κ3) is 1.37. The average molecular weight is 140 g/mol. The second-order valence-electron chi connectivity index (χ2n) is 1.95. The van der Waals surface area contributed by atoms with Gasteiger partial charge in [-0.2, -0.15) is 0 Å². The Morgan fingerprint density at radius 1 is 1.60 bits per heavy atom. The first-order chi connectivity index (χ1) is 4.72. The van der Waals surface area contributed by atoms with E-state index in [4.69, 9.17) is 9.52 Å². The van der Waals surface area contributed by atoms with Crippen LogP contribution in [0.1, 0.15) is 12.7 Å². The molecule has 0 fully saturated rings. The Morgan fingerprint density at radius 2 is 2.30 bits per heavy atom. The van der Waals surface area contributed by atoms with E-state index in [0.717, 1.165) is 6.07 Å². The first-order valence-electron chi connectivity index (χ1n) is 3.05. The van der Waals surface area contributed by atoms with E-state index >= 15 is 0 Å². The fraction of sp³-hybridized carbons (Fsp3) is 0.286. The molecule has 0 saturated carbocycles. The molecule has 0 aromatic carbocycles. The van der Waals surface area contributed by atoms with Gasteiger partial charge in [-0.1, -0.05) is 6.92 Å². The Morgan fingerprint density at radius 3 is 2.80 bits per heavy atom. The van der Waals surface area contributed by atoms with E-state index in [2.05, 4.69) is 0 Å². The molecule has 0 saturated heterocycles. The lowest BCUT2D eigenvalue weighted by atomic mass is 10.3. The monoisotopic (exact) mass is 140 g/mol. The SMILES string of the molecule is CCc1cc(O)cc(=O)o1. The summed E-state index contributed by atoms with van der Waals surface area (Å²) in [5, 5.41) is 8.86. The number of rotatable bonds is 1. The minimum absolute atomic E-state index is 0.0342. The second-order valence-corrected chi connectivity index (χ2v) is 1.95. The first-order valence-corrected chi connectivity index (χ1v) is 3.05. The minimum atomic E-state index is -0.503. The summed E-state index contributed by atoms with van der Waals surface area (Å²) in [4.78, 5) is 10.5. The molecule has 1 heterocycles. The van der Waals surface area contributed by atoms with Crippen molar-refractivity contribution >= 4 is 0 Å². The number of aromatic hydroxyl groups is 1. The molecular formula is C7H8O3. The highest BCUT2D eigenvalue weighted by Crippen LogP contribution is 2.06. The van der Waals surface area contributed by atoms with E-state index < -0.39 is 5.63 Å². The minimum Gasteiger partial charge on any atom is -0.508 e. The van der Waals surface area contributed by atoms with Gasteiger partial charge < -0.3 is 9.52 Å². The molecule has 0 aliphatic heterocycles.